The second-order valence-electron chi connectivity index (χ2n) is 9.91. The normalized spacial score (nSPS) is 21.2. The van der Waals surface area contributed by atoms with E-state index in [1.54, 1.807) is 25.8 Å². The number of methoxy groups -OCH3 is 1. The number of ether oxygens (including phenoxy) is 1. The van der Waals surface area contributed by atoms with Gasteiger partial charge in [0, 0.05) is 36.9 Å². The second-order valence-corrected chi connectivity index (χ2v) is 11.0. The van der Waals surface area contributed by atoms with Gasteiger partial charge < -0.3 is 14.2 Å². The Morgan fingerprint density at radius 3 is 2.62 bits per heavy atom. The van der Waals surface area contributed by atoms with Crippen molar-refractivity contribution in [2.45, 2.75) is 36.5 Å². The first-order valence-electron chi connectivity index (χ1n) is 12.2. The zero-order valence-electron chi connectivity index (χ0n) is 21.0. The van der Waals surface area contributed by atoms with Crippen molar-refractivity contribution in [3.8, 4) is 17.1 Å². The molecule has 3 aromatic rings. The molecule has 2 fully saturated rings. The van der Waals surface area contributed by atoms with Crippen LogP contribution in [-0.4, -0.2) is 57.9 Å². The molecule has 1 unspecified atom stereocenters. The van der Waals surface area contributed by atoms with Gasteiger partial charge in [0.2, 0.25) is 0 Å². The van der Waals surface area contributed by atoms with Crippen LogP contribution in [0.2, 0.25) is 0 Å². The van der Waals surface area contributed by atoms with Gasteiger partial charge in [-0.25, -0.2) is 0 Å². The molecule has 1 aromatic heterocycles. The summed E-state index contributed by atoms with van der Waals surface area (Å²) in [5.41, 5.74) is 1.94. The van der Waals surface area contributed by atoms with Gasteiger partial charge in [-0.15, -0.1) is 10.2 Å². The molecule has 1 aliphatic heterocycles. The van der Waals surface area contributed by atoms with E-state index >= 15 is 0 Å². The van der Waals surface area contributed by atoms with Gasteiger partial charge in [-0.2, -0.15) is 13.2 Å². The van der Waals surface area contributed by atoms with Gasteiger partial charge in [0.1, 0.15) is 5.75 Å². The summed E-state index contributed by atoms with van der Waals surface area (Å²) in [6.07, 6.45) is -2.22. The second kappa shape index (κ2) is 9.79. The number of carbonyl (C=O) groups is 1. The number of hydrogen-bond donors (Lipinski definition) is 0. The highest BCUT2D eigenvalue weighted by Gasteiger charge is 2.60. The third kappa shape index (κ3) is 5.01. The largest absolute Gasteiger partial charge is 0.496 e. The van der Waals surface area contributed by atoms with Crippen LogP contribution in [0.5, 0.6) is 5.75 Å². The highest BCUT2D eigenvalue weighted by atomic mass is 32.2. The maximum atomic E-state index is 12.8. The van der Waals surface area contributed by atoms with Crippen molar-refractivity contribution in [3.05, 3.63) is 59.2 Å². The Morgan fingerprint density at radius 1 is 1.19 bits per heavy atom. The van der Waals surface area contributed by atoms with Crippen LogP contribution in [0, 0.1) is 5.92 Å². The van der Waals surface area contributed by atoms with Crippen LogP contribution in [0.4, 0.5) is 13.2 Å². The molecule has 1 aliphatic carbocycles. The molecule has 2 heterocycles. The number of aromatic nitrogens is 3. The van der Waals surface area contributed by atoms with Crippen molar-refractivity contribution in [1.29, 1.82) is 0 Å². The Labute approximate surface area is 218 Å². The minimum absolute atomic E-state index is 0.0180. The molecule has 37 heavy (non-hydrogen) atoms. The molecule has 10 heteroatoms. The number of ketones is 1. The average molecular weight is 531 g/mol. The van der Waals surface area contributed by atoms with Crippen molar-refractivity contribution in [3.63, 3.8) is 0 Å². The van der Waals surface area contributed by atoms with Gasteiger partial charge in [0.15, 0.2) is 16.8 Å². The Morgan fingerprint density at radius 2 is 1.95 bits per heavy atom. The quantitative estimate of drug-likeness (QED) is 0.208. The number of alkyl halides is 3. The minimum Gasteiger partial charge on any atom is -0.496 e. The molecule has 196 valence electrons. The molecule has 2 atom stereocenters. The number of hydrogen-bond acceptors (Lipinski definition) is 6. The zero-order valence-corrected chi connectivity index (χ0v) is 21.8. The molecule has 0 radical (unpaired) electrons. The Bertz CT molecular complexity index is 1310. The summed E-state index contributed by atoms with van der Waals surface area (Å²) in [5.74, 6) is 2.68. The topological polar surface area (TPSA) is 60.2 Å². The number of Topliss-reactive ketones (excluding diaryl/α,β-unsaturated/α-hetero) is 1. The van der Waals surface area contributed by atoms with E-state index in [0.29, 0.717) is 28.6 Å². The molecule has 6 nitrogen and oxygen atoms in total. The number of nitrogens with zero attached hydrogens (tertiary/aromatic N) is 4. The fraction of sp³-hybridized carbons (Fsp3) is 0.444. The minimum atomic E-state index is -4.36. The molecular formula is C27H29F3N4O2S. The van der Waals surface area contributed by atoms with E-state index in [-0.39, 0.29) is 11.2 Å². The van der Waals surface area contributed by atoms with E-state index in [1.165, 1.54) is 17.7 Å². The lowest BCUT2D eigenvalue weighted by Gasteiger charge is -2.21. The maximum Gasteiger partial charge on any atom is 0.416 e. The van der Waals surface area contributed by atoms with Crippen molar-refractivity contribution in [2.75, 3.05) is 32.5 Å². The Kier molecular flexibility index (Phi) is 6.83. The first-order chi connectivity index (χ1) is 17.6. The number of carbonyl (C=O) groups excluding carboxylic acids is 1. The molecule has 2 aliphatic rings. The average Bonchev–Trinajstić information content (AvgIpc) is 3.25. The summed E-state index contributed by atoms with van der Waals surface area (Å²) in [7, 11) is 3.42. The van der Waals surface area contributed by atoms with Crippen molar-refractivity contribution in [2.24, 2.45) is 13.0 Å². The molecule has 0 amide bonds. The van der Waals surface area contributed by atoms with E-state index in [2.05, 4.69) is 21.2 Å². The highest BCUT2D eigenvalue weighted by Crippen LogP contribution is 2.59. The number of thioether (sulfide) groups is 1. The first kappa shape index (κ1) is 25.8. The zero-order chi connectivity index (χ0) is 26.4. The van der Waals surface area contributed by atoms with Gasteiger partial charge in [0.05, 0.1) is 18.2 Å². The molecule has 5 rings (SSSR count). The predicted molar refractivity (Wildman–Crippen MR) is 136 cm³/mol. The van der Waals surface area contributed by atoms with Crippen LogP contribution >= 0.6 is 11.8 Å². The number of rotatable bonds is 9. The summed E-state index contributed by atoms with van der Waals surface area (Å²) in [4.78, 5) is 14.6. The number of piperidine rings is 1. The summed E-state index contributed by atoms with van der Waals surface area (Å²) >= 11 is 1.60. The van der Waals surface area contributed by atoms with E-state index in [9.17, 15) is 18.0 Å². The van der Waals surface area contributed by atoms with Gasteiger partial charge in [-0.05, 0) is 62.1 Å². The molecule has 0 spiro atoms. The van der Waals surface area contributed by atoms with Gasteiger partial charge in [-0.1, -0.05) is 30.0 Å². The number of benzene rings is 2. The lowest BCUT2D eigenvalue weighted by Crippen LogP contribution is -2.28. The van der Waals surface area contributed by atoms with E-state index in [4.69, 9.17) is 4.74 Å². The first-order valence-corrected chi connectivity index (χ1v) is 13.2. The molecule has 2 aromatic carbocycles. The van der Waals surface area contributed by atoms with Gasteiger partial charge >= 0.3 is 6.18 Å². The Balaban J connectivity index is 1.14. The monoisotopic (exact) mass is 530 g/mol. The third-order valence-corrected chi connectivity index (χ3v) is 8.63. The van der Waals surface area contributed by atoms with E-state index in [0.717, 1.165) is 55.5 Å². The fourth-order valence-corrected chi connectivity index (χ4v) is 6.28. The molecule has 0 bridgehead atoms. The van der Waals surface area contributed by atoms with Crippen LogP contribution < -0.4 is 4.74 Å². The number of halogens is 3. The molecule has 1 saturated carbocycles. The van der Waals surface area contributed by atoms with Gasteiger partial charge in [0.25, 0.3) is 0 Å². The maximum absolute atomic E-state index is 12.8. The van der Waals surface area contributed by atoms with Crippen molar-refractivity contribution in [1.82, 2.24) is 19.7 Å². The van der Waals surface area contributed by atoms with Crippen LogP contribution in [0.25, 0.3) is 11.4 Å². The summed E-state index contributed by atoms with van der Waals surface area (Å²) in [5, 5.41) is 9.17. The third-order valence-electron chi connectivity index (χ3n) is 7.53. The van der Waals surface area contributed by atoms with Crippen molar-refractivity contribution >= 4 is 17.5 Å². The van der Waals surface area contributed by atoms with E-state index < -0.39 is 11.7 Å². The standard InChI is InChI=1S/C27H29F3N4O2S/c1-17(35)22-13-20(9-10-23(22)36-3)26-14-21(26)15-34(16-26)11-4-12-37-25-32-31-24(33(25)2)18-5-7-19(8-6-18)27(28,29)30/h5-10,13,21H,4,11-12,14-16H2,1-3H3/t21-,26?/m0/s1. The molecular weight excluding hydrogens is 501 g/mol. The molecule has 0 N–H and O–H groups in total. The predicted octanol–water partition coefficient (Wildman–Crippen LogP) is 5.47. The summed E-state index contributed by atoms with van der Waals surface area (Å²) < 4.78 is 45.7. The SMILES string of the molecule is COc1ccc(C23C[C@H]2CN(CCCSc2nnc(-c4ccc(C(F)(F)F)cc4)n2C)C3)cc1C(C)=O. The molecule has 1 saturated heterocycles. The summed E-state index contributed by atoms with van der Waals surface area (Å²) in [6.45, 7) is 4.61. The number of fused-ring (bicyclic) bond motifs is 1. The summed E-state index contributed by atoms with van der Waals surface area (Å²) in [6, 6.07) is 11.0. The van der Waals surface area contributed by atoms with Gasteiger partial charge in [-0.3, -0.25) is 4.79 Å². The van der Waals surface area contributed by atoms with Crippen molar-refractivity contribution < 1.29 is 22.7 Å². The highest BCUT2D eigenvalue weighted by molar-refractivity contribution is 7.99. The van der Waals surface area contributed by atoms with Crippen LogP contribution in [0.15, 0.2) is 47.6 Å². The lowest BCUT2D eigenvalue weighted by molar-refractivity contribution is -0.137. The smallest absolute Gasteiger partial charge is 0.416 e. The van der Waals surface area contributed by atoms with E-state index in [1.807, 2.05) is 23.7 Å². The Hall–Kier alpha value is -2.85. The van der Waals surface area contributed by atoms with Crippen LogP contribution in [-0.2, 0) is 18.6 Å². The number of likely N-dealkylation sites (tertiary alicyclic amines) is 1. The van der Waals surface area contributed by atoms with Crippen LogP contribution in [0.3, 0.4) is 0 Å². The fourth-order valence-electron chi connectivity index (χ4n) is 5.45. The van der Waals surface area contributed by atoms with Crippen LogP contribution in [0.1, 0.15) is 41.3 Å². The lowest BCUT2D eigenvalue weighted by atomic mass is 9.92.